The van der Waals surface area contributed by atoms with E-state index < -0.39 is 0 Å². The number of hydrogen-bond acceptors (Lipinski definition) is 7. The van der Waals surface area contributed by atoms with Gasteiger partial charge in [-0.25, -0.2) is 0 Å². The molecule has 5 rings (SSSR count). The molecule has 2 aromatic carbocycles. The second-order valence-corrected chi connectivity index (χ2v) is 9.47. The Balaban J connectivity index is 1.27. The molecule has 38 heavy (non-hydrogen) atoms. The first-order valence-electron chi connectivity index (χ1n) is 12.8. The van der Waals surface area contributed by atoms with Crippen LogP contribution in [0.15, 0.2) is 59.0 Å². The van der Waals surface area contributed by atoms with Gasteiger partial charge in [-0.2, -0.15) is 0 Å². The zero-order valence-corrected chi connectivity index (χ0v) is 21.6. The van der Waals surface area contributed by atoms with E-state index in [0.29, 0.717) is 41.6 Å². The second-order valence-electron chi connectivity index (χ2n) is 9.47. The van der Waals surface area contributed by atoms with Crippen LogP contribution >= 0.6 is 0 Å². The predicted octanol–water partition coefficient (Wildman–Crippen LogP) is 3.55. The number of anilines is 1. The highest BCUT2D eigenvalue weighted by atomic mass is 16.5. The fraction of sp³-hybridized carbons (Fsp3) is 0.345. The number of hydrogen-bond donors (Lipinski definition) is 0. The largest absolute Gasteiger partial charge is 0.485 e. The number of carbonyl (C=O) groups excluding carboxylic acids is 3. The summed E-state index contributed by atoms with van der Waals surface area (Å²) in [4.78, 5) is 44.2. The van der Waals surface area contributed by atoms with E-state index in [1.165, 1.54) is 4.90 Å². The molecular formula is C29H31N3O6. The van der Waals surface area contributed by atoms with Gasteiger partial charge in [0.2, 0.25) is 0 Å². The van der Waals surface area contributed by atoms with E-state index in [1.807, 2.05) is 31.2 Å². The van der Waals surface area contributed by atoms with E-state index in [4.69, 9.17) is 13.9 Å². The number of nitrogens with zero attached hydrogens (tertiary/aromatic N) is 3. The van der Waals surface area contributed by atoms with Crippen molar-refractivity contribution in [2.45, 2.75) is 20.4 Å². The monoisotopic (exact) mass is 517 g/mol. The highest BCUT2D eigenvalue weighted by Gasteiger charge is 2.29. The van der Waals surface area contributed by atoms with Crippen LogP contribution in [-0.2, 0) is 11.3 Å². The molecule has 0 unspecified atom stereocenters. The number of ketones is 1. The van der Waals surface area contributed by atoms with Gasteiger partial charge < -0.3 is 23.7 Å². The Morgan fingerprint density at radius 2 is 1.74 bits per heavy atom. The summed E-state index contributed by atoms with van der Waals surface area (Å²) in [7, 11) is 0. The number of ether oxygens (including phenoxy) is 2. The van der Waals surface area contributed by atoms with E-state index in [1.54, 1.807) is 35.2 Å². The maximum Gasteiger partial charge on any atom is 0.289 e. The number of likely N-dealkylation sites (N-methyl/N-ethyl adjacent to an activating group) is 1. The van der Waals surface area contributed by atoms with E-state index in [-0.39, 0.29) is 43.1 Å². The van der Waals surface area contributed by atoms with E-state index >= 15 is 0 Å². The normalized spacial score (nSPS) is 15.7. The van der Waals surface area contributed by atoms with Crippen LogP contribution in [0.1, 0.15) is 39.2 Å². The van der Waals surface area contributed by atoms with Gasteiger partial charge in [0.1, 0.15) is 17.3 Å². The van der Waals surface area contributed by atoms with Crippen molar-refractivity contribution < 1.29 is 28.3 Å². The van der Waals surface area contributed by atoms with Crippen LogP contribution in [0, 0.1) is 6.92 Å². The SMILES string of the molecule is CCN1CCN(C(=O)c2ccc(CN3C(=O)COc4ccc(C(=O)COc5ccc(C)cc5)cc43)o2)CC1. The van der Waals surface area contributed by atoms with Gasteiger partial charge in [-0.15, -0.1) is 0 Å². The van der Waals surface area contributed by atoms with Gasteiger partial charge in [-0.3, -0.25) is 19.3 Å². The molecule has 1 saturated heterocycles. The number of rotatable bonds is 8. The summed E-state index contributed by atoms with van der Waals surface area (Å²) in [6.45, 7) is 7.91. The number of carbonyl (C=O) groups is 3. The number of aryl methyl sites for hydroxylation is 1. The minimum Gasteiger partial charge on any atom is -0.485 e. The van der Waals surface area contributed by atoms with Gasteiger partial charge in [0.25, 0.3) is 11.8 Å². The zero-order valence-electron chi connectivity index (χ0n) is 21.6. The van der Waals surface area contributed by atoms with Crippen LogP contribution in [0.5, 0.6) is 11.5 Å². The molecule has 0 N–H and O–H groups in total. The summed E-state index contributed by atoms with van der Waals surface area (Å²) < 4.78 is 17.1. The van der Waals surface area contributed by atoms with Crippen LogP contribution in [0.3, 0.4) is 0 Å². The zero-order chi connectivity index (χ0) is 26.6. The quantitative estimate of drug-likeness (QED) is 0.422. The van der Waals surface area contributed by atoms with Gasteiger partial charge in [0.05, 0.1) is 12.2 Å². The summed E-state index contributed by atoms with van der Waals surface area (Å²) in [5.41, 5.74) is 1.98. The molecule has 0 bridgehead atoms. The van der Waals surface area contributed by atoms with Crippen molar-refractivity contribution in [3.63, 3.8) is 0 Å². The molecule has 0 atom stereocenters. The first-order chi connectivity index (χ1) is 18.4. The molecule has 9 nitrogen and oxygen atoms in total. The Morgan fingerprint density at radius 1 is 0.974 bits per heavy atom. The Hall–Kier alpha value is -4.11. The molecule has 198 valence electrons. The molecule has 2 amide bonds. The molecule has 0 aliphatic carbocycles. The summed E-state index contributed by atoms with van der Waals surface area (Å²) >= 11 is 0. The molecule has 3 aromatic rings. The highest BCUT2D eigenvalue weighted by Crippen LogP contribution is 2.34. The van der Waals surface area contributed by atoms with Gasteiger partial charge in [0, 0.05) is 31.7 Å². The number of Topliss-reactive ketones (excluding diaryl/α,β-unsaturated/α-hetero) is 1. The molecule has 2 aliphatic heterocycles. The molecule has 1 fully saturated rings. The van der Waals surface area contributed by atoms with Gasteiger partial charge in [0.15, 0.2) is 24.8 Å². The van der Waals surface area contributed by atoms with Gasteiger partial charge in [-0.1, -0.05) is 24.6 Å². The van der Waals surface area contributed by atoms with Crippen molar-refractivity contribution in [1.82, 2.24) is 9.80 Å². The third-order valence-electron chi connectivity index (χ3n) is 6.91. The molecule has 9 heteroatoms. The summed E-state index contributed by atoms with van der Waals surface area (Å²) in [6, 6.07) is 15.8. The molecular weight excluding hydrogens is 486 g/mol. The lowest BCUT2D eigenvalue weighted by molar-refractivity contribution is -0.121. The first kappa shape index (κ1) is 25.5. The lowest BCUT2D eigenvalue weighted by Gasteiger charge is -2.33. The van der Waals surface area contributed by atoms with Crippen LogP contribution in [0.25, 0.3) is 0 Å². The molecule has 0 radical (unpaired) electrons. The Bertz CT molecular complexity index is 1320. The minimum absolute atomic E-state index is 0.115. The van der Waals surface area contributed by atoms with Crippen molar-refractivity contribution >= 4 is 23.3 Å². The van der Waals surface area contributed by atoms with Crippen molar-refractivity contribution in [2.75, 3.05) is 50.8 Å². The second kappa shape index (κ2) is 11.1. The number of piperazine rings is 1. The molecule has 3 heterocycles. The lowest BCUT2D eigenvalue weighted by atomic mass is 10.1. The minimum atomic E-state index is -0.266. The Labute approximate surface area is 221 Å². The average molecular weight is 518 g/mol. The van der Waals surface area contributed by atoms with Crippen LogP contribution in [0.2, 0.25) is 0 Å². The highest BCUT2D eigenvalue weighted by molar-refractivity contribution is 6.02. The van der Waals surface area contributed by atoms with Gasteiger partial charge >= 0.3 is 0 Å². The standard InChI is InChI=1S/C29H31N3O6/c1-3-30-12-14-31(15-13-30)29(35)27-11-9-23(38-27)17-32-24-16-21(6-10-26(24)37-19-28(32)34)25(33)18-36-22-7-4-20(2)5-8-22/h4-11,16H,3,12-15,17-19H2,1-2H3. The maximum atomic E-state index is 12.9. The molecule has 1 aromatic heterocycles. The van der Waals surface area contributed by atoms with Crippen molar-refractivity contribution in [3.8, 4) is 11.5 Å². The average Bonchev–Trinajstić information content (AvgIpc) is 3.42. The van der Waals surface area contributed by atoms with Crippen molar-refractivity contribution in [2.24, 2.45) is 0 Å². The van der Waals surface area contributed by atoms with Crippen LogP contribution in [-0.4, -0.2) is 73.3 Å². The summed E-state index contributed by atoms with van der Waals surface area (Å²) in [5, 5.41) is 0. The number of amides is 2. The third kappa shape index (κ3) is 5.57. The van der Waals surface area contributed by atoms with E-state index in [0.717, 1.165) is 25.2 Å². The third-order valence-corrected chi connectivity index (χ3v) is 6.91. The number of benzene rings is 2. The predicted molar refractivity (Wildman–Crippen MR) is 141 cm³/mol. The summed E-state index contributed by atoms with van der Waals surface area (Å²) in [6.07, 6.45) is 0. The van der Waals surface area contributed by atoms with E-state index in [9.17, 15) is 14.4 Å². The van der Waals surface area contributed by atoms with Crippen LogP contribution < -0.4 is 14.4 Å². The number of furan rings is 1. The fourth-order valence-electron chi connectivity index (χ4n) is 4.57. The first-order valence-corrected chi connectivity index (χ1v) is 12.8. The number of fused-ring (bicyclic) bond motifs is 1. The fourth-order valence-corrected chi connectivity index (χ4v) is 4.57. The van der Waals surface area contributed by atoms with Crippen molar-refractivity contribution in [1.29, 1.82) is 0 Å². The molecule has 2 aliphatic rings. The smallest absolute Gasteiger partial charge is 0.289 e. The molecule has 0 spiro atoms. The maximum absolute atomic E-state index is 12.9. The Morgan fingerprint density at radius 3 is 2.47 bits per heavy atom. The van der Waals surface area contributed by atoms with E-state index in [2.05, 4.69) is 11.8 Å². The Kier molecular flexibility index (Phi) is 7.46. The van der Waals surface area contributed by atoms with Gasteiger partial charge in [-0.05, 0) is 55.9 Å². The lowest BCUT2D eigenvalue weighted by Crippen LogP contribution is -2.48. The van der Waals surface area contributed by atoms with Crippen LogP contribution in [0.4, 0.5) is 5.69 Å². The van der Waals surface area contributed by atoms with Crippen molar-refractivity contribution in [3.05, 3.63) is 77.2 Å². The summed E-state index contributed by atoms with van der Waals surface area (Å²) in [5.74, 6) is 1.19. The molecule has 0 saturated carbocycles. The topological polar surface area (TPSA) is 92.5 Å².